The van der Waals surface area contributed by atoms with Crippen LogP contribution < -0.4 is 35.6 Å². The van der Waals surface area contributed by atoms with Gasteiger partial charge in [0, 0.05) is 99.2 Å². The number of aromatic nitrogens is 4. The van der Waals surface area contributed by atoms with Gasteiger partial charge in [-0.25, -0.2) is 13.4 Å². The summed E-state index contributed by atoms with van der Waals surface area (Å²) in [6.45, 7) is 6.93. The maximum atomic E-state index is 13.4. The zero-order valence-corrected chi connectivity index (χ0v) is 39.4. The third-order valence-electron chi connectivity index (χ3n) is 13.0. The Morgan fingerprint density at radius 3 is 2.44 bits per heavy atom. The average molecular weight is 967 g/mol. The second-order valence-electron chi connectivity index (χ2n) is 17.2. The summed E-state index contributed by atoms with van der Waals surface area (Å²) in [7, 11) is -2.07. The van der Waals surface area contributed by atoms with Crippen molar-refractivity contribution in [1.82, 2.24) is 40.0 Å². The van der Waals surface area contributed by atoms with E-state index in [0.717, 1.165) is 68.5 Å². The number of methoxy groups -OCH3 is 1. The van der Waals surface area contributed by atoms with Crippen LogP contribution in [0.5, 0.6) is 5.75 Å². The molecule has 5 aromatic rings. The van der Waals surface area contributed by atoms with Gasteiger partial charge in [0.25, 0.3) is 5.91 Å². The van der Waals surface area contributed by atoms with E-state index in [1.165, 1.54) is 23.5 Å². The predicted molar refractivity (Wildman–Crippen MR) is 258 cm³/mol. The number of fused-ring (bicyclic) bond motifs is 2. The number of hydrogen-bond donors (Lipinski definition) is 5. The normalized spacial score (nSPS) is 18.1. The lowest BCUT2D eigenvalue weighted by atomic mass is 9.99. The Balaban J connectivity index is 0.792. The second kappa shape index (κ2) is 19.4. The Bertz CT molecular complexity index is 2910. The van der Waals surface area contributed by atoms with Crippen molar-refractivity contribution in [3.05, 3.63) is 82.8 Å². The molecule has 6 heterocycles. The molecule has 0 bridgehead atoms. The van der Waals surface area contributed by atoms with Crippen LogP contribution in [0.1, 0.15) is 54.1 Å². The van der Waals surface area contributed by atoms with E-state index in [9.17, 15) is 27.6 Å². The number of nitrogens with zero attached hydrogens (tertiary/aromatic N) is 8. The van der Waals surface area contributed by atoms with Gasteiger partial charge in [0.15, 0.2) is 5.82 Å². The molecule has 9 rings (SSSR count). The first-order valence-corrected chi connectivity index (χ1v) is 24.8. The van der Waals surface area contributed by atoms with Crippen LogP contribution in [0.15, 0.2) is 61.1 Å². The molecule has 0 radical (unpaired) electrons. The second-order valence-corrected chi connectivity index (χ2v) is 19.3. The number of carbonyl (C=O) groups is 4. The summed E-state index contributed by atoms with van der Waals surface area (Å²) >= 11 is 6.56. The predicted octanol–water partition coefficient (Wildman–Crippen LogP) is 4.49. The molecule has 4 aliphatic heterocycles. The van der Waals surface area contributed by atoms with E-state index in [1.807, 2.05) is 23.1 Å². The van der Waals surface area contributed by atoms with Gasteiger partial charge >= 0.3 is 0 Å². The number of amides is 4. The van der Waals surface area contributed by atoms with Gasteiger partial charge in [-0.3, -0.25) is 44.1 Å². The van der Waals surface area contributed by atoms with Crippen molar-refractivity contribution >= 4 is 96.5 Å². The summed E-state index contributed by atoms with van der Waals surface area (Å²) in [6, 6.07) is 12.5. The zero-order chi connectivity index (χ0) is 47.7. The fourth-order valence-electron chi connectivity index (χ4n) is 9.49. The van der Waals surface area contributed by atoms with E-state index in [-0.39, 0.29) is 66.1 Å². The molecule has 1 atom stereocenters. The van der Waals surface area contributed by atoms with Gasteiger partial charge in [-0.2, -0.15) is 4.98 Å². The van der Waals surface area contributed by atoms with Crippen LogP contribution in [0.2, 0.25) is 5.02 Å². The summed E-state index contributed by atoms with van der Waals surface area (Å²) in [5, 5.41) is 12.3. The molecule has 2 aromatic heterocycles. The van der Waals surface area contributed by atoms with Crippen molar-refractivity contribution in [2.24, 2.45) is 0 Å². The number of rotatable bonds is 14. The van der Waals surface area contributed by atoms with Crippen LogP contribution in [0, 0.1) is 0 Å². The fraction of sp³-hybridized carbons (Fsp3) is 0.391. The molecule has 3 fully saturated rings. The minimum atomic E-state index is -3.69. The summed E-state index contributed by atoms with van der Waals surface area (Å²) in [5.74, 6) is 0.0162. The number of sulfonamides is 1. The van der Waals surface area contributed by atoms with Gasteiger partial charge in [-0.05, 0) is 61.6 Å². The summed E-state index contributed by atoms with van der Waals surface area (Å²) < 4.78 is 33.1. The lowest BCUT2D eigenvalue weighted by molar-refractivity contribution is -0.137. The molecule has 20 nitrogen and oxygen atoms in total. The maximum Gasteiger partial charge on any atom is 0.255 e. The number of ether oxygens (including phenoxy) is 1. The molecule has 3 aromatic carbocycles. The number of halogens is 1. The lowest BCUT2D eigenvalue weighted by Crippen LogP contribution is -2.55. The van der Waals surface area contributed by atoms with Gasteiger partial charge in [0.05, 0.1) is 48.7 Å². The number of benzene rings is 3. The molecule has 4 amide bonds. The Morgan fingerprint density at radius 1 is 0.926 bits per heavy atom. The third-order valence-corrected chi connectivity index (χ3v) is 13.8. The smallest absolute Gasteiger partial charge is 0.255 e. The Labute approximate surface area is 398 Å². The third kappa shape index (κ3) is 9.76. The molecule has 1 unspecified atom stereocenters. The van der Waals surface area contributed by atoms with Crippen molar-refractivity contribution in [1.29, 1.82) is 0 Å². The largest absolute Gasteiger partial charge is 0.494 e. The first kappa shape index (κ1) is 46.3. The molecule has 0 aliphatic carbocycles. The number of imide groups is 1. The molecule has 3 saturated heterocycles. The first-order chi connectivity index (χ1) is 32.8. The molecule has 356 valence electrons. The number of hydrogen-bond acceptors (Lipinski definition) is 16. The van der Waals surface area contributed by atoms with Crippen LogP contribution in [0.3, 0.4) is 0 Å². The zero-order valence-electron chi connectivity index (χ0n) is 37.8. The van der Waals surface area contributed by atoms with E-state index >= 15 is 0 Å². The minimum Gasteiger partial charge on any atom is -0.494 e. The van der Waals surface area contributed by atoms with E-state index in [2.05, 4.69) is 62.6 Å². The molecule has 0 spiro atoms. The van der Waals surface area contributed by atoms with Crippen molar-refractivity contribution in [3.63, 3.8) is 0 Å². The van der Waals surface area contributed by atoms with E-state index in [1.54, 1.807) is 31.4 Å². The van der Waals surface area contributed by atoms with Crippen molar-refractivity contribution in [3.8, 4) is 5.75 Å². The molecule has 68 heavy (non-hydrogen) atoms. The van der Waals surface area contributed by atoms with Crippen molar-refractivity contribution < 1.29 is 32.3 Å². The first-order valence-electron chi connectivity index (χ1n) is 22.5. The van der Waals surface area contributed by atoms with Gasteiger partial charge in [-0.1, -0.05) is 24.6 Å². The quantitative estimate of drug-likeness (QED) is 0.0965. The van der Waals surface area contributed by atoms with Crippen molar-refractivity contribution in [2.45, 2.75) is 57.7 Å². The molecular formula is C46H52ClN13O7S. The number of carbonyl (C=O) groups excluding carboxylic acids is 4. The topological polar surface area (TPSA) is 236 Å². The summed E-state index contributed by atoms with van der Waals surface area (Å²) in [4.78, 5) is 76.9. The van der Waals surface area contributed by atoms with Crippen LogP contribution in [0.4, 0.5) is 40.2 Å². The van der Waals surface area contributed by atoms with E-state index in [0.29, 0.717) is 58.5 Å². The highest BCUT2D eigenvalue weighted by Gasteiger charge is 2.40. The van der Waals surface area contributed by atoms with Gasteiger partial charge in [0.1, 0.15) is 22.3 Å². The average Bonchev–Trinajstić information content (AvgIpc) is 3.67. The van der Waals surface area contributed by atoms with Crippen LogP contribution in [0.25, 0.3) is 11.0 Å². The number of piperazine rings is 1. The molecule has 5 N–H and O–H groups in total. The Morgan fingerprint density at radius 2 is 1.71 bits per heavy atom. The number of piperidine rings is 2. The van der Waals surface area contributed by atoms with Crippen LogP contribution >= 0.6 is 11.6 Å². The number of anilines is 7. The number of aryl methyl sites for hydroxylation is 1. The van der Waals surface area contributed by atoms with Gasteiger partial charge in [-0.15, -0.1) is 0 Å². The summed E-state index contributed by atoms with van der Waals surface area (Å²) in [5.41, 5.74) is 6.23. The highest BCUT2D eigenvalue weighted by Crippen LogP contribution is 2.39. The summed E-state index contributed by atoms with van der Waals surface area (Å²) in [6.07, 6.45) is 8.68. The lowest BCUT2D eigenvalue weighted by Gasteiger charge is -2.43. The van der Waals surface area contributed by atoms with Crippen LogP contribution in [-0.4, -0.2) is 138 Å². The van der Waals surface area contributed by atoms with E-state index in [4.69, 9.17) is 16.3 Å². The molecular weight excluding hydrogens is 914 g/mol. The highest BCUT2D eigenvalue weighted by atomic mass is 35.5. The van der Waals surface area contributed by atoms with Crippen molar-refractivity contribution in [2.75, 3.05) is 84.8 Å². The van der Waals surface area contributed by atoms with Gasteiger partial charge in [0.2, 0.25) is 33.7 Å². The minimum absolute atomic E-state index is 0.0167. The fourth-order valence-corrected chi connectivity index (χ4v) is 10.2. The molecule has 22 heteroatoms. The monoisotopic (exact) mass is 965 g/mol. The standard InChI is InChI=1S/C46H52ClN13O7S/c1-4-27-22-35(53-46-51-24-31(47)43(55-46)52-34-9-8-33-41(49-15-14-48-33)42(34)56-68(3,65)66)38(67-2)23-37(27)58-16-12-28(13-17-58)57-18-20-59(21-19-57)40(62)25-50-32-7-5-6-29-30(32)26-60(45(29)64)36-10-11-39(61)54-44(36)63/h5-9,14-15,22-24,28,36,50,56H,4,10-13,16-21,25-26H2,1-3H3,(H,54,61,63)(H2,51,52,53,55). The van der Waals surface area contributed by atoms with Crippen LogP contribution in [-0.2, 0) is 37.4 Å². The molecule has 0 saturated carbocycles. The maximum absolute atomic E-state index is 13.4. The van der Waals surface area contributed by atoms with E-state index < -0.39 is 22.0 Å². The molecule has 4 aliphatic rings. The van der Waals surface area contributed by atoms with Gasteiger partial charge < -0.3 is 35.4 Å². The number of nitrogens with one attached hydrogen (secondary N) is 5. The SMILES string of the molecule is CCc1cc(Nc2ncc(Cl)c(Nc3ccc4nccnc4c3NS(C)(=O)=O)n2)c(OC)cc1N1CCC(N2CCN(C(=O)CNc3cccc4c3CN(C3CCC(=O)NC3=O)C4=O)CC2)CC1. The Kier molecular flexibility index (Phi) is 13.2. The Hall–Kier alpha value is -6.84. The highest BCUT2D eigenvalue weighted by molar-refractivity contribution is 7.92.